The van der Waals surface area contributed by atoms with E-state index in [1.807, 2.05) is 0 Å². The molecule has 1 rings (SSSR count). The zero-order valence-electron chi connectivity index (χ0n) is 10.2. The fourth-order valence-electron chi connectivity index (χ4n) is 1.24. The molecule has 0 heterocycles. The lowest BCUT2D eigenvalue weighted by atomic mass is 10.2. The van der Waals surface area contributed by atoms with Crippen molar-refractivity contribution in [2.24, 2.45) is 0 Å². The van der Waals surface area contributed by atoms with E-state index in [9.17, 15) is 22.8 Å². The van der Waals surface area contributed by atoms with Crippen molar-refractivity contribution in [2.45, 2.75) is 19.0 Å². The van der Waals surface area contributed by atoms with Crippen LogP contribution in [0.25, 0.3) is 0 Å². The summed E-state index contributed by atoms with van der Waals surface area (Å²) >= 11 is 0. The Morgan fingerprint density at radius 3 is 2.25 bits per heavy atom. The molecule has 0 aliphatic heterocycles. The topological polar surface area (TPSA) is 75.6 Å². The second-order valence-electron chi connectivity index (χ2n) is 3.87. The lowest BCUT2D eigenvalue weighted by Crippen LogP contribution is -2.19. The first-order valence-electron chi connectivity index (χ1n) is 5.57. The molecule has 2 N–H and O–H groups in total. The van der Waals surface area contributed by atoms with E-state index < -0.39 is 24.7 Å². The smallest absolute Gasteiger partial charge is 0.422 e. The molecule has 1 aromatic carbocycles. The van der Waals surface area contributed by atoms with Crippen LogP contribution in [-0.4, -0.2) is 29.8 Å². The molecule has 20 heavy (non-hydrogen) atoms. The Labute approximate surface area is 112 Å². The van der Waals surface area contributed by atoms with E-state index in [1.165, 1.54) is 24.3 Å². The molecule has 0 aromatic heterocycles. The lowest BCUT2D eigenvalue weighted by Gasteiger charge is -2.10. The Bertz CT molecular complexity index is 471. The predicted octanol–water partition coefficient (Wildman–Crippen LogP) is 2.43. The van der Waals surface area contributed by atoms with Crippen LogP contribution in [0.15, 0.2) is 24.3 Å². The number of hydrogen-bond donors (Lipinski definition) is 2. The fourth-order valence-corrected chi connectivity index (χ4v) is 1.24. The summed E-state index contributed by atoms with van der Waals surface area (Å²) < 4.78 is 40.2. The second-order valence-corrected chi connectivity index (χ2v) is 3.87. The van der Waals surface area contributed by atoms with Crippen LogP contribution in [0.2, 0.25) is 0 Å². The van der Waals surface area contributed by atoms with Gasteiger partial charge >= 0.3 is 12.1 Å². The summed E-state index contributed by atoms with van der Waals surface area (Å²) in [6.07, 6.45) is -4.88. The van der Waals surface area contributed by atoms with Gasteiger partial charge in [0, 0.05) is 12.1 Å². The molecule has 0 saturated carbocycles. The predicted molar refractivity (Wildman–Crippen MR) is 63.5 cm³/mol. The average molecular weight is 291 g/mol. The molecule has 8 heteroatoms. The molecule has 0 saturated heterocycles. The Kier molecular flexibility index (Phi) is 5.36. The van der Waals surface area contributed by atoms with Crippen LogP contribution in [0, 0.1) is 0 Å². The van der Waals surface area contributed by atoms with Gasteiger partial charge < -0.3 is 15.2 Å². The Hall–Kier alpha value is -2.25. The maximum absolute atomic E-state index is 11.9. The van der Waals surface area contributed by atoms with Crippen LogP contribution in [-0.2, 0) is 9.59 Å². The molecule has 0 unspecified atom stereocenters. The quantitative estimate of drug-likeness (QED) is 0.844. The molecule has 0 spiro atoms. The molecule has 0 fully saturated rings. The number of anilines is 1. The Morgan fingerprint density at radius 1 is 1.15 bits per heavy atom. The second kappa shape index (κ2) is 6.78. The van der Waals surface area contributed by atoms with Crippen LogP contribution in [0.5, 0.6) is 5.75 Å². The van der Waals surface area contributed by atoms with Crippen LogP contribution in [0.1, 0.15) is 12.8 Å². The third-order valence-corrected chi connectivity index (χ3v) is 2.11. The number of benzene rings is 1. The van der Waals surface area contributed by atoms with Crippen molar-refractivity contribution in [1.29, 1.82) is 0 Å². The molecule has 0 bridgehead atoms. The highest BCUT2D eigenvalue weighted by Gasteiger charge is 2.28. The molecule has 0 radical (unpaired) electrons. The van der Waals surface area contributed by atoms with Gasteiger partial charge in [-0.15, -0.1) is 0 Å². The molecule has 0 atom stereocenters. The van der Waals surface area contributed by atoms with Gasteiger partial charge in [0.15, 0.2) is 6.61 Å². The van der Waals surface area contributed by atoms with Gasteiger partial charge in [0.2, 0.25) is 5.91 Å². The van der Waals surface area contributed by atoms with E-state index in [0.717, 1.165) is 0 Å². The average Bonchev–Trinajstić information content (AvgIpc) is 2.34. The first kappa shape index (κ1) is 15.8. The fraction of sp³-hybridized carbons (Fsp3) is 0.333. The zero-order valence-corrected chi connectivity index (χ0v) is 10.2. The normalized spacial score (nSPS) is 10.9. The van der Waals surface area contributed by atoms with Gasteiger partial charge in [-0.25, -0.2) is 0 Å². The molecule has 110 valence electrons. The molecular formula is C12H12F3NO4. The highest BCUT2D eigenvalue weighted by atomic mass is 19.4. The van der Waals surface area contributed by atoms with E-state index in [0.29, 0.717) is 5.69 Å². The summed E-state index contributed by atoms with van der Waals surface area (Å²) in [5.74, 6) is -1.56. The number of nitrogens with one attached hydrogen (secondary N) is 1. The minimum Gasteiger partial charge on any atom is -0.484 e. The summed E-state index contributed by atoms with van der Waals surface area (Å²) in [5, 5.41) is 10.8. The summed E-state index contributed by atoms with van der Waals surface area (Å²) in [7, 11) is 0. The lowest BCUT2D eigenvalue weighted by molar-refractivity contribution is -0.153. The van der Waals surface area contributed by atoms with E-state index in [4.69, 9.17) is 5.11 Å². The molecule has 0 aliphatic carbocycles. The highest BCUT2D eigenvalue weighted by Crippen LogP contribution is 2.20. The zero-order chi connectivity index (χ0) is 15.2. The van der Waals surface area contributed by atoms with Crippen molar-refractivity contribution < 1.29 is 32.6 Å². The number of amides is 1. The van der Waals surface area contributed by atoms with Gasteiger partial charge in [-0.3, -0.25) is 9.59 Å². The SMILES string of the molecule is O=C(O)CCC(=O)Nc1ccc(OCC(F)(F)F)cc1. The maximum atomic E-state index is 11.9. The van der Waals surface area contributed by atoms with Crippen molar-refractivity contribution in [3.63, 3.8) is 0 Å². The van der Waals surface area contributed by atoms with Crippen LogP contribution in [0.3, 0.4) is 0 Å². The maximum Gasteiger partial charge on any atom is 0.422 e. The first-order chi connectivity index (χ1) is 9.26. The minimum atomic E-state index is -4.41. The summed E-state index contributed by atoms with van der Waals surface area (Å²) in [6, 6.07) is 5.28. The van der Waals surface area contributed by atoms with Crippen LogP contribution in [0.4, 0.5) is 18.9 Å². The molecular weight excluding hydrogens is 279 g/mol. The van der Waals surface area contributed by atoms with Crippen LogP contribution < -0.4 is 10.1 Å². The summed E-state index contributed by atoms with van der Waals surface area (Å²) in [5.41, 5.74) is 0.347. The van der Waals surface area contributed by atoms with Gasteiger partial charge in [0.05, 0.1) is 6.42 Å². The van der Waals surface area contributed by atoms with Gasteiger partial charge in [0.25, 0.3) is 0 Å². The van der Waals surface area contributed by atoms with Crippen molar-refractivity contribution in [2.75, 3.05) is 11.9 Å². The number of carbonyl (C=O) groups is 2. The monoisotopic (exact) mass is 291 g/mol. The van der Waals surface area contributed by atoms with E-state index in [2.05, 4.69) is 10.1 Å². The van der Waals surface area contributed by atoms with E-state index >= 15 is 0 Å². The number of halogens is 3. The minimum absolute atomic E-state index is 0.0193. The third kappa shape index (κ3) is 6.62. The Balaban J connectivity index is 2.46. The summed E-state index contributed by atoms with van der Waals surface area (Å²) in [4.78, 5) is 21.6. The standard InChI is InChI=1S/C12H12F3NO4/c13-12(14,15)7-20-9-3-1-8(2-4-9)16-10(17)5-6-11(18)19/h1-4H,5-7H2,(H,16,17)(H,18,19). The number of aliphatic carboxylic acids is 1. The molecule has 1 aromatic rings. The van der Waals surface area contributed by atoms with Gasteiger partial charge in [-0.2, -0.15) is 13.2 Å². The van der Waals surface area contributed by atoms with Crippen LogP contribution >= 0.6 is 0 Å². The first-order valence-corrected chi connectivity index (χ1v) is 5.57. The Morgan fingerprint density at radius 2 is 1.75 bits per heavy atom. The number of hydrogen-bond acceptors (Lipinski definition) is 3. The number of ether oxygens (including phenoxy) is 1. The summed E-state index contributed by atoms with van der Waals surface area (Å²) in [6.45, 7) is -1.39. The van der Waals surface area contributed by atoms with E-state index in [1.54, 1.807) is 0 Å². The molecule has 5 nitrogen and oxygen atoms in total. The van der Waals surface area contributed by atoms with Gasteiger partial charge in [-0.1, -0.05) is 0 Å². The largest absolute Gasteiger partial charge is 0.484 e. The third-order valence-electron chi connectivity index (χ3n) is 2.11. The molecule has 1 amide bonds. The number of rotatable bonds is 6. The number of carboxylic acids is 1. The number of alkyl halides is 3. The van der Waals surface area contributed by atoms with Crippen molar-refractivity contribution in [3.8, 4) is 5.75 Å². The molecule has 0 aliphatic rings. The van der Waals surface area contributed by atoms with Crippen molar-refractivity contribution in [3.05, 3.63) is 24.3 Å². The highest BCUT2D eigenvalue weighted by molar-refractivity contribution is 5.92. The number of carbonyl (C=O) groups excluding carboxylic acids is 1. The van der Waals surface area contributed by atoms with Gasteiger partial charge in [-0.05, 0) is 24.3 Å². The van der Waals surface area contributed by atoms with Crippen molar-refractivity contribution >= 4 is 17.6 Å². The van der Waals surface area contributed by atoms with E-state index in [-0.39, 0.29) is 18.6 Å². The number of carboxylic acid groups (broad SMARTS) is 1. The van der Waals surface area contributed by atoms with Gasteiger partial charge in [0.1, 0.15) is 5.75 Å². The van der Waals surface area contributed by atoms with Crippen molar-refractivity contribution in [1.82, 2.24) is 0 Å².